The molecule has 1 aliphatic carbocycles. The second-order valence-corrected chi connectivity index (χ2v) is 7.07. The Balaban J connectivity index is 1.75. The molecule has 1 fully saturated rings. The quantitative estimate of drug-likeness (QED) is 0.648. The van der Waals surface area contributed by atoms with Crippen LogP contribution in [0.2, 0.25) is 0 Å². The highest BCUT2D eigenvalue weighted by Crippen LogP contribution is 2.18. The first kappa shape index (κ1) is 16.3. The van der Waals surface area contributed by atoms with Crippen LogP contribution in [0.25, 0.3) is 0 Å². The topological polar surface area (TPSA) is 67.4 Å². The molecule has 0 bridgehead atoms. The van der Waals surface area contributed by atoms with E-state index in [0.29, 0.717) is 18.9 Å². The van der Waals surface area contributed by atoms with Gasteiger partial charge >= 0.3 is 0 Å². The molecule has 2 N–H and O–H groups in total. The van der Waals surface area contributed by atoms with Gasteiger partial charge in [0.05, 0.1) is 11.5 Å². The Hall–Kier alpha value is -1.11. The number of hydrogen-bond donors (Lipinski definition) is 2. The van der Waals surface area contributed by atoms with E-state index in [0.717, 1.165) is 25.4 Å². The zero-order chi connectivity index (χ0) is 15.1. The van der Waals surface area contributed by atoms with Crippen LogP contribution in [-0.4, -0.2) is 34.2 Å². The summed E-state index contributed by atoms with van der Waals surface area (Å²) in [5.74, 6) is 0.705. The van der Waals surface area contributed by atoms with Crippen molar-refractivity contribution < 1.29 is 13.2 Å². The van der Waals surface area contributed by atoms with E-state index >= 15 is 0 Å². The Kier molecular flexibility index (Phi) is 6.02. The van der Waals surface area contributed by atoms with Gasteiger partial charge in [-0.15, -0.1) is 0 Å². The van der Waals surface area contributed by atoms with Crippen molar-refractivity contribution in [2.75, 3.05) is 19.7 Å². The molecular weight excluding hydrogens is 288 g/mol. The summed E-state index contributed by atoms with van der Waals surface area (Å²) in [7, 11) is -3.39. The normalized spacial score (nSPS) is 15.1. The van der Waals surface area contributed by atoms with Crippen LogP contribution in [0.15, 0.2) is 29.2 Å². The van der Waals surface area contributed by atoms with Crippen LogP contribution in [0.3, 0.4) is 0 Å². The van der Waals surface area contributed by atoms with Gasteiger partial charge in [-0.05, 0) is 56.5 Å². The first-order chi connectivity index (χ1) is 10.1. The van der Waals surface area contributed by atoms with E-state index in [4.69, 9.17) is 4.74 Å². The maximum Gasteiger partial charge on any atom is 0.240 e. The fraction of sp³-hybridized carbons (Fsp3) is 0.600. The minimum absolute atomic E-state index is 0.277. The zero-order valence-corrected chi connectivity index (χ0v) is 13.3. The van der Waals surface area contributed by atoms with Gasteiger partial charge in [0.15, 0.2) is 0 Å². The van der Waals surface area contributed by atoms with Crippen LogP contribution < -0.4 is 14.8 Å². The monoisotopic (exact) mass is 312 g/mol. The third kappa shape index (κ3) is 5.65. The van der Waals surface area contributed by atoms with E-state index in [1.165, 1.54) is 12.8 Å². The SMILES string of the molecule is CCCNS(=O)(=O)c1ccc(OCCCNC2CC2)cc1. The Morgan fingerprint density at radius 3 is 2.52 bits per heavy atom. The molecule has 0 spiro atoms. The van der Waals surface area contributed by atoms with Crippen LogP contribution in [0.5, 0.6) is 5.75 Å². The molecule has 0 amide bonds. The van der Waals surface area contributed by atoms with Gasteiger partial charge in [-0.3, -0.25) is 0 Å². The molecule has 118 valence electrons. The van der Waals surface area contributed by atoms with Crippen LogP contribution in [0.1, 0.15) is 32.6 Å². The summed E-state index contributed by atoms with van der Waals surface area (Å²) in [4.78, 5) is 0.277. The average Bonchev–Trinajstić information content (AvgIpc) is 3.29. The molecule has 0 heterocycles. The van der Waals surface area contributed by atoms with Crippen LogP contribution in [0, 0.1) is 0 Å². The predicted octanol–water partition coefficient (Wildman–Crippen LogP) is 1.90. The standard InChI is InChI=1S/C15H24N2O3S/c1-2-10-17-21(18,19)15-8-6-14(7-9-15)20-12-3-11-16-13-4-5-13/h6-9,13,16-17H,2-5,10-12H2,1H3. The minimum Gasteiger partial charge on any atom is -0.494 e. The lowest BCUT2D eigenvalue weighted by Gasteiger charge is -2.09. The summed E-state index contributed by atoms with van der Waals surface area (Å²) in [6.45, 7) is 3.99. The van der Waals surface area contributed by atoms with E-state index in [1.54, 1.807) is 24.3 Å². The number of benzene rings is 1. The fourth-order valence-electron chi connectivity index (χ4n) is 1.89. The highest BCUT2D eigenvalue weighted by molar-refractivity contribution is 7.89. The van der Waals surface area contributed by atoms with Gasteiger partial charge in [-0.25, -0.2) is 13.1 Å². The van der Waals surface area contributed by atoms with E-state index in [-0.39, 0.29) is 4.90 Å². The van der Waals surface area contributed by atoms with Gasteiger partial charge in [0, 0.05) is 12.6 Å². The van der Waals surface area contributed by atoms with Crippen molar-refractivity contribution in [2.45, 2.75) is 43.5 Å². The molecular formula is C15H24N2O3S. The van der Waals surface area contributed by atoms with Crippen molar-refractivity contribution in [3.05, 3.63) is 24.3 Å². The molecule has 0 atom stereocenters. The molecule has 6 heteroatoms. The molecule has 0 aromatic heterocycles. The van der Waals surface area contributed by atoms with E-state index in [1.807, 2.05) is 6.92 Å². The van der Waals surface area contributed by atoms with Gasteiger partial charge in [0.25, 0.3) is 0 Å². The molecule has 1 saturated carbocycles. The smallest absolute Gasteiger partial charge is 0.240 e. The summed E-state index contributed by atoms with van der Waals surface area (Å²) in [6, 6.07) is 7.29. The highest BCUT2D eigenvalue weighted by Gasteiger charge is 2.19. The lowest BCUT2D eigenvalue weighted by atomic mass is 10.3. The van der Waals surface area contributed by atoms with Gasteiger partial charge < -0.3 is 10.1 Å². The van der Waals surface area contributed by atoms with E-state index in [9.17, 15) is 8.42 Å². The van der Waals surface area contributed by atoms with E-state index in [2.05, 4.69) is 10.0 Å². The van der Waals surface area contributed by atoms with Gasteiger partial charge in [0.2, 0.25) is 10.0 Å². The Morgan fingerprint density at radius 2 is 1.90 bits per heavy atom. The van der Waals surface area contributed by atoms with Crippen molar-refractivity contribution in [1.29, 1.82) is 0 Å². The van der Waals surface area contributed by atoms with Crippen LogP contribution in [0.4, 0.5) is 0 Å². The molecule has 1 aromatic rings. The minimum atomic E-state index is -3.39. The second-order valence-electron chi connectivity index (χ2n) is 5.30. The van der Waals surface area contributed by atoms with Crippen molar-refractivity contribution in [3.63, 3.8) is 0 Å². The molecule has 0 saturated heterocycles. The number of sulfonamides is 1. The maximum atomic E-state index is 11.9. The number of hydrogen-bond acceptors (Lipinski definition) is 4. The summed E-state index contributed by atoms with van der Waals surface area (Å²) in [5, 5.41) is 3.42. The Bertz CT molecular complexity index is 524. The summed E-state index contributed by atoms with van der Waals surface area (Å²) < 4.78 is 32.0. The molecule has 1 aliphatic rings. The number of rotatable bonds is 10. The third-order valence-electron chi connectivity index (χ3n) is 3.28. The molecule has 2 rings (SSSR count). The lowest BCUT2D eigenvalue weighted by molar-refractivity contribution is 0.308. The van der Waals surface area contributed by atoms with Gasteiger partial charge in [0.1, 0.15) is 5.75 Å². The third-order valence-corrected chi connectivity index (χ3v) is 4.75. The molecule has 21 heavy (non-hydrogen) atoms. The maximum absolute atomic E-state index is 11.9. The zero-order valence-electron chi connectivity index (χ0n) is 12.5. The molecule has 0 aliphatic heterocycles. The summed E-state index contributed by atoms with van der Waals surface area (Å²) >= 11 is 0. The summed E-state index contributed by atoms with van der Waals surface area (Å²) in [5.41, 5.74) is 0. The van der Waals surface area contributed by atoms with Crippen LogP contribution >= 0.6 is 0 Å². The molecule has 0 radical (unpaired) electrons. The first-order valence-electron chi connectivity index (χ1n) is 7.58. The fourth-order valence-corrected chi connectivity index (χ4v) is 3.02. The van der Waals surface area contributed by atoms with Crippen molar-refractivity contribution >= 4 is 10.0 Å². The largest absolute Gasteiger partial charge is 0.494 e. The summed E-state index contributed by atoms with van der Waals surface area (Å²) in [6.07, 6.45) is 4.32. The van der Waals surface area contributed by atoms with Crippen LogP contribution in [-0.2, 0) is 10.0 Å². The van der Waals surface area contributed by atoms with Crippen molar-refractivity contribution in [1.82, 2.24) is 10.0 Å². The first-order valence-corrected chi connectivity index (χ1v) is 9.06. The molecule has 1 aromatic carbocycles. The van der Waals surface area contributed by atoms with Gasteiger partial charge in [-0.2, -0.15) is 0 Å². The number of ether oxygens (including phenoxy) is 1. The lowest BCUT2D eigenvalue weighted by Crippen LogP contribution is -2.24. The second kappa shape index (κ2) is 7.77. The molecule has 5 nitrogen and oxygen atoms in total. The van der Waals surface area contributed by atoms with E-state index < -0.39 is 10.0 Å². The Morgan fingerprint density at radius 1 is 1.19 bits per heavy atom. The Labute approximate surface area is 127 Å². The van der Waals surface area contributed by atoms with Crippen molar-refractivity contribution in [2.24, 2.45) is 0 Å². The van der Waals surface area contributed by atoms with Gasteiger partial charge in [-0.1, -0.05) is 6.92 Å². The highest BCUT2D eigenvalue weighted by atomic mass is 32.2. The van der Waals surface area contributed by atoms with Crippen molar-refractivity contribution in [3.8, 4) is 5.75 Å². The average molecular weight is 312 g/mol. The number of nitrogens with one attached hydrogen (secondary N) is 2. The molecule has 0 unspecified atom stereocenters. The predicted molar refractivity (Wildman–Crippen MR) is 83.1 cm³/mol.